The van der Waals surface area contributed by atoms with E-state index >= 15 is 0 Å². The Morgan fingerprint density at radius 1 is 1.57 bits per heavy atom. The fourth-order valence-electron chi connectivity index (χ4n) is 1.89. The topological polar surface area (TPSA) is 29.5 Å². The molecule has 0 aliphatic carbocycles. The molecule has 0 saturated heterocycles. The standard InChI is InChI=1S/C15H12Cl2NO2.Y/c1-3-8-20-10-4-5-11(13(17)9-10)14-7-6-12(16)15(19)18(14)2;/h1,4-5,9,12H,6,8H2,2H3;/q-1;. The largest absolute Gasteiger partial charge is 0.481 e. The number of benzene rings is 1. The predicted octanol–water partition coefficient (Wildman–Crippen LogP) is 2.96. The van der Waals surface area contributed by atoms with Crippen molar-refractivity contribution < 1.29 is 42.2 Å². The Kier molecular flexibility index (Phi) is 7.23. The first-order valence-electron chi connectivity index (χ1n) is 5.93. The minimum absolute atomic E-state index is 0. The van der Waals surface area contributed by atoms with Crippen LogP contribution in [0.3, 0.4) is 0 Å². The van der Waals surface area contributed by atoms with Gasteiger partial charge in [-0.3, -0.25) is 4.79 Å². The van der Waals surface area contributed by atoms with Gasteiger partial charge in [0.25, 0.3) is 0 Å². The summed E-state index contributed by atoms with van der Waals surface area (Å²) in [4.78, 5) is 13.3. The molecule has 1 amide bonds. The van der Waals surface area contributed by atoms with Gasteiger partial charge in [0, 0.05) is 39.8 Å². The molecule has 3 nitrogen and oxygen atoms in total. The molecule has 0 spiro atoms. The second-order valence-electron chi connectivity index (χ2n) is 4.23. The zero-order valence-electron chi connectivity index (χ0n) is 11.4. The minimum atomic E-state index is -0.569. The first kappa shape index (κ1) is 18.5. The number of alkyl halides is 1. The predicted molar refractivity (Wildman–Crippen MR) is 79.5 cm³/mol. The fourth-order valence-corrected chi connectivity index (χ4v) is 2.37. The molecule has 0 saturated carbocycles. The molecule has 107 valence electrons. The number of rotatable bonds is 3. The third-order valence-corrected chi connectivity index (χ3v) is 3.55. The first-order chi connectivity index (χ1) is 9.54. The van der Waals surface area contributed by atoms with Crippen molar-refractivity contribution in [1.29, 1.82) is 0 Å². The number of allylic oxidation sites excluding steroid dienone is 1. The van der Waals surface area contributed by atoms with Crippen LogP contribution in [0.1, 0.15) is 12.0 Å². The molecule has 1 unspecified atom stereocenters. The van der Waals surface area contributed by atoms with Gasteiger partial charge in [-0.15, -0.1) is 47.0 Å². The average molecular weight is 398 g/mol. The van der Waals surface area contributed by atoms with E-state index in [4.69, 9.17) is 34.4 Å². The number of amides is 1. The molecular weight excluding hydrogens is 386 g/mol. The van der Waals surface area contributed by atoms with Crippen LogP contribution in [0.2, 0.25) is 5.02 Å². The van der Waals surface area contributed by atoms with Gasteiger partial charge in [0.2, 0.25) is 5.91 Å². The zero-order valence-corrected chi connectivity index (χ0v) is 15.7. The van der Waals surface area contributed by atoms with Crippen molar-refractivity contribution in [2.75, 3.05) is 13.7 Å². The molecule has 1 atom stereocenters. The molecule has 2 rings (SSSR count). The fraction of sp³-hybridized carbons (Fsp3) is 0.267. The van der Waals surface area contributed by atoms with E-state index in [0.29, 0.717) is 28.5 Å². The summed E-state index contributed by atoms with van der Waals surface area (Å²) in [7, 11) is 1.65. The van der Waals surface area contributed by atoms with E-state index in [-0.39, 0.29) is 45.2 Å². The van der Waals surface area contributed by atoms with Gasteiger partial charge in [0.05, 0.1) is 0 Å². The van der Waals surface area contributed by atoms with Crippen molar-refractivity contribution in [3.63, 3.8) is 0 Å². The molecule has 1 aromatic rings. The van der Waals surface area contributed by atoms with Gasteiger partial charge in [-0.2, -0.15) is 0 Å². The van der Waals surface area contributed by atoms with Gasteiger partial charge >= 0.3 is 0 Å². The number of hydrogen-bond donors (Lipinski definition) is 0. The molecule has 1 radical (unpaired) electrons. The number of carbonyl (C=O) groups excluding carboxylic acids is 1. The van der Waals surface area contributed by atoms with Crippen molar-refractivity contribution in [3.8, 4) is 18.1 Å². The summed E-state index contributed by atoms with van der Waals surface area (Å²) in [5.74, 6) is 2.80. The summed E-state index contributed by atoms with van der Waals surface area (Å²) < 4.78 is 5.29. The van der Waals surface area contributed by atoms with Gasteiger partial charge in [-0.05, 0) is 17.2 Å². The maximum atomic E-state index is 11.9. The Morgan fingerprint density at radius 3 is 2.90 bits per heavy atom. The molecule has 0 fully saturated rings. The minimum Gasteiger partial charge on any atom is -0.481 e. The maximum Gasteiger partial charge on any atom is 0.240 e. The quantitative estimate of drug-likeness (QED) is 0.445. The number of ether oxygens (including phenoxy) is 1. The average Bonchev–Trinajstić information content (AvgIpc) is 2.44. The van der Waals surface area contributed by atoms with E-state index in [1.807, 2.05) is 0 Å². The van der Waals surface area contributed by atoms with Crippen molar-refractivity contribution in [1.82, 2.24) is 4.90 Å². The summed E-state index contributed by atoms with van der Waals surface area (Å²) in [6, 6.07) is 5.18. The Hall–Kier alpha value is -0.526. The third-order valence-electron chi connectivity index (χ3n) is 2.90. The third kappa shape index (κ3) is 4.23. The Labute approximate surface area is 159 Å². The van der Waals surface area contributed by atoms with Crippen LogP contribution >= 0.6 is 23.2 Å². The molecule has 0 bridgehead atoms. The molecule has 1 heterocycles. The van der Waals surface area contributed by atoms with Gasteiger partial charge in [0.1, 0.15) is 17.7 Å². The molecule has 21 heavy (non-hydrogen) atoms. The van der Waals surface area contributed by atoms with Gasteiger partial charge < -0.3 is 9.64 Å². The maximum absolute atomic E-state index is 11.9. The van der Waals surface area contributed by atoms with Crippen LogP contribution in [0, 0.1) is 18.4 Å². The molecule has 0 N–H and O–H groups in total. The van der Waals surface area contributed by atoms with Crippen molar-refractivity contribution >= 4 is 34.8 Å². The summed E-state index contributed by atoms with van der Waals surface area (Å²) in [6.07, 6.45) is 8.60. The molecule has 0 aromatic heterocycles. The van der Waals surface area contributed by atoms with Crippen LogP contribution in [0.5, 0.6) is 5.75 Å². The van der Waals surface area contributed by atoms with E-state index in [2.05, 4.69) is 12.0 Å². The van der Waals surface area contributed by atoms with Gasteiger partial charge in [-0.25, -0.2) is 6.08 Å². The number of halogens is 2. The van der Waals surface area contributed by atoms with Gasteiger partial charge in [0.15, 0.2) is 0 Å². The van der Waals surface area contributed by atoms with Crippen molar-refractivity contribution in [3.05, 3.63) is 34.9 Å². The SMILES string of the molecule is C#CCOc1ccc(C2=[C-]CC(Cl)C(=O)N2C)c(Cl)c1.[Y]. The number of hydrogen-bond acceptors (Lipinski definition) is 2. The number of nitrogens with zero attached hydrogens (tertiary/aromatic N) is 1. The normalized spacial score (nSPS) is 17.6. The molecule has 6 heteroatoms. The molecule has 1 aliphatic rings. The second-order valence-corrected chi connectivity index (χ2v) is 5.16. The molecular formula is C15H12Cl2NO2Y-. The van der Waals surface area contributed by atoms with Crippen LogP contribution in [0.4, 0.5) is 0 Å². The summed E-state index contributed by atoms with van der Waals surface area (Å²) in [5.41, 5.74) is 1.33. The summed E-state index contributed by atoms with van der Waals surface area (Å²) in [6.45, 7) is 0.177. The Balaban J connectivity index is 0.00000220. The first-order valence-corrected chi connectivity index (χ1v) is 6.74. The molecule has 1 aromatic carbocycles. The number of carbonyl (C=O) groups is 1. The Bertz CT molecular complexity index is 610. The van der Waals surface area contributed by atoms with E-state index in [1.165, 1.54) is 4.90 Å². The summed E-state index contributed by atoms with van der Waals surface area (Å²) >= 11 is 12.1. The van der Waals surface area contributed by atoms with E-state index in [9.17, 15) is 4.79 Å². The van der Waals surface area contributed by atoms with Crippen molar-refractivity contribution in [2.45, 2.75) is 11.8 Å². The van der Waals surface area contributed by atoms with Crippen LogP contribution < -0.4 is 4.74 Å². The van der Waals surface area contributed by atoms with Crippen LogP contribution in [0.25, 0.3) is 5.70 Å². The molecule has 1 aliphatic heterocycles. The van der Waals surface area contributed by atoms with E-state index < -0.39 is 5.38 Å². The van der Waals surface area contributed by atoms with Crippen LogP contribution in [0.15, 0.2) is 18.2 Å². The van der Waals surface area contributed by atoms with Gasteiger partial charge in [-0.1, -0.05) is 12.3 Å². The second kappa shape index (κ2) is 8.20. The zero-order chi connectivity index (χ0) is 14.7. The number of terminal acetylenes is 1. The van der Waals surface area contributed by atoms with Crippen LogP contribution in [-0.2, 0) is 37.5 Å². The monoisotopic (exact) mass is 397 g/mol. The van der Waals surface area contributed by atoms with Crippen LogP contribution in [-0.4, -0.2) is 29.8 Å². The van der Waals surface area contributed by atoms with E-state index in [0.717, 1.165) is 0 Å². The smallest absolute Gasteiger partial charge is 0.240 e. The van der Waals surface area contributed by atoms with Crippen molar-refractivity contribution in [2.24, 2.45) is 0 Å². The Morgan fingerprint density at radius 2 is 2.29 bits per heavy atom. The van der Waals surface area contributed by atoms with E-state index in [1.54, 1.807) is 25.2 Å². The summed E-state index contributed by atoms with van der Waals surface area (Å²) in [5, 5.41) is -0.101.